The maximum Gasteiger partial charge on any atom is 0.416 e. The number of nitrogens with one attached hydrogen (secondary N) is 1. The third-order valence-electron chi connectivity index (χ3n) is 2.86. The van der Waals surface area contributed by atoms with Crippen LogP contribution in [0.2, 0.25) is 0 Å². The summed E-state index contributed by atoms with van der Waals surface area (Å²) in [4.78, 5) is 0. The van der Waals surface area contributed by atoms with E-state index in [-0.39, 0.29) is 17.2 Å². The van der Waals surface area contributed by atoms with Crippen molar-refractivity contribution in [3.63, 3.8) is 0 Å². The summed E-state index contributed by atoms with van der Waals surface area (Å²) in [5, 5.41) is 12.2. The summed E-state index contributed by atoms with van der Waals surface area (Å²) in [6.07, 6.45) is -5.57. The molecule has 0 spiro atoms. The van der Waals surface area contributed by atoms with E-state index in [1.807, 2.05) is 0 Å². The van der Waals surface area contributed by atoms with Crippen LogP contribution in [0.4, 0.5) is 18.9 Å². The lowest BCUT2D eigenvalue weighted by Crippen LogP contribution is -2.31. The van der Waals surface area contributed by atoms with Crippen LogP contribution in [0.5, 0.6) is 0 Å². The fraction of sp³-hybridized carbons (Fsp3) is 0.455. The number of rotatable bonds is 2. The van der Waals surface area contributed by atoms with Gasteiger partial charge in [0.25, 0.3) is 0 Å². The molecule has 8 heteroatoms. The second-order valence-corrected chi connectivity index (χ2v) is 6.63. The molecule has 1 saturated heterocycles. The van der Waals surface area contributed by atoms with Crippen LogP contribution in [0.1, 0.15) is 5.56 Å². The highest BCUT2D eigenvalue weighted by atomic mass is 32.2. The predicted octanol–water partition coefficient (Wildman–Crippen LogP) is 1.28. The summed E-state index contributed by atoms with van der Waals surface area (Å²) in [7, 11) is -3.34. The SMILES string of the molecule is O=S1(=O)C[C@@H](O)[C@@H](Nc2cccc(C(F)(F)F)c2)C1. The lowest BCUT2D eigenvalue weighted by Gasteiger charge is -2.17. The van der Waals surface area contributed by atoms with E-state index < -0.39 is 33.7 Å². The van der Waals surface area contributed by atoms with Gasteiger partial charge >= 0.3 is 6.18 Å². The highest BCUT2D eigenvalue weighted by Crippen LogP contribution is 2.31. The van der Waals surface area contributed by atoms with Gasteiger partial charge < -0.3 is 10.4 Å². The topological polar surface area (TPSA) is 66.4 Å². The number of hydrogen-bond acceptors (Lipinski definition) is 4. The maximum atomic E-state index is 12.5. The summed E-state index contributed by atoms with van der Waals surface area (Å²) < 4.78 is 60.1. The van der Waals surface area contributed by atoms with E-state index >= 15 is 0 Å². The van der Waals surface area contributed by atoms with Crippen LogP contribution in [0.15, 0.2) is 24.3 Å². The van der Waals surface area contributed by atoms with Gasteiger partial charge in [0.05, 0.1) is 29.2 Å². The first-order valence-electron chi connectivity index (χ1n) is 5.50. The van der Waals surface area contributed by atoms with Crippen LogP contribution < -0.4 is 5.32 Å². The predicted molar refractivity (Wildman–Crippen MR) is 63.5 cm³/mol. The Morgan fingerprint density at radius 1 is 1.26 bits per heavy atom. The van der Waals surface area contributed by atoms with Gasteiger partial charge in [-0.25, -0.2) is 8.42 Å². The zero-order chi connectivity index (χ0) is 14.3. The van der Waals surface area contributed by atoms with E-state index in [0.29, 0.717) is 0 Å². The third kappa shape index (κ3) is 3.38. The molecule has 0 aromatic heterocycles. The van der Waals surface area contributed by atoms with Crippen molar-refractivity contribution in [2.24, 2.45) is 0 Å². The average Bonchev–Trinajstić information content (AvgIpc) is 2.51. The standard InChI is InChI=1S/C11H12F3NO3S/c12-11(13,14)7-2-1-3-8(4-7)15-9-5-19(17,18)6-10(9)16/h1-4,9-10,15-16H,5-6H2/t9-,10+/m0/s1. The summed E-state index contributed by atoms with van der Waals surface area (Å²) in [5.41, 5.74) is -0.691. The molecule has 4 nitrogen and oxygen atoms in total. The largest absolute Gasteiger partial charge is 0.416 e. The first-order chi connectivity index (χ1) is 8.67. The Bertz CT molecular complexity index is 571. The van der Waals surface area contributed by atoms with Crippen LogP contribution in [0, 0.1) is 0 Å². The van der Waals surface area contributed by atoms with Crippen molar-refractivity contribution in [1.29, 1.82) is 0 Å². The summed E-state index contributed by atoms with van der Waals surface area (Å²) >= 11 is 0. The molecule has 0 saturated carbocycles. The minimum absolute atomic E-state index is 0.135. The number of sulfone groups is 1. The Labute approximate surface area is 108 Å². The van der Waals surface area contributed by atoms with Crippen LogP contribution in [0.3, 0.4) is 0 Å². The lowest BCUT2D eigenvalue weighted by atomic mass is 10.1. The minimum atomic E-state index is -4.46. The van der Waals surface area contributed by atoms with E-state index in [0.717, 1.165) is 12.1 Å². The van der Waals surface area contributed by atoms with Crippen molar-refractivity contribution >= 4 is 15.5 Å². The van der Waals surface area contributed by atoms with Crippen LogP contribution in [0.25, 0.3) is 0 Å². The molecule has 2 N–H and O–H groups in total. The van der Waals surface area contributed by atoms with Crippen molar-refractivity contribution < 1.29 is 26.7 Å². The Morgan fingerprint density at radius 2 is 1.95 bits per heavy atom. The molecule has 1 aromatic carbocycles. The second-order valence-electron chi connectivity index (χ2n) is 4.47. The minimum Gasteiger partial charge on any atom is -0.390 e. The Hall–Kier alpha value is -1.28. The van der Waals surface area contributed by atoms with Crippen molar-refractivity contribution in [3.8, 4) is 0 Å². The highest BCUT2D eigenvalue weighted by Gasteiger charge is 2.37. The zero-order valence-corrected chi connectivity index (χ0v) is 10.5. The quantitative estimate of drug-likeness (QED) is 0.862. The molecular weight excluding hydrogens is 283 g/mol. The van der Waals surface area contributed by atoms with Crippen molar-refractivity contribution in [1.82, 2.24) is 0 Å². The fourth-order valence-electron chi connectivity index (χ4n) is 1.97. The molecule has 1 fully saturated rings. The normalized spacial score (nSPS) is 26.3. The zero-order valence-electron chi connectivity index (χ0n) is 9.68. The molecule has 106 valence electrons. The Kier molecular flexibility index (Phi) is 3.48. The molecule has 0 unspecified atom stereocenters. The van der Waals surface area contributed by atoms with Gasteiger partial charge in [-0.15, -0.1) is 0 Å². The molecular formula is C11H12F3NO3S. The number of aliphatic hydroxyl groups is 1. The Morgan fingerprint density at radius 3 is 2.47 bits per heavy atom. The van der Waals surface area contributed by atoms with Gasteiger partial charge in [-0.3, -0.25) is 0 Å². The molecule has 0 radical (unpaired) electrons. The van der Waals surface area contributed by atoms with Crippen LogP contribution >= 0.6 is 0 Å². The maximum absolute atomic E-state index is 12.5. The van der Waals surface area contributed by atoms with Gasteiger partial charge in [-0.05, 0) is 18.2 Å². The molecule has 19 heavy (non-hydrogen) atoms. The molecule has 2 atom stereocenters. The molecule has 0 amide bonds. The average molecular weight is 295 g/mol. The molecule has 0 bridgehead atoms. The molecule has 1 aliphatic heterocycles. The van der Waals surface area contributed by atoms with E-state index in [9.17, 15) is 26.7 Å². The monoisotopic (exact) mass is 295 g/mol. The van der Waals surface area contributed by atoms with Crippen molar-refractivity contribution in [2.45, 2.75) is 18.3 Å². The summed E-state index contributed by atoms with van der Waals surface area (Å²) in [6, 6.07) is 3.65. The molecule has 2 rings (SSSR count). The number of halogens is 3. The summed E-state index contributed by atoms with van der Waals surface area (Å²) in [5.74, 6) is -0.659. The number of anilines is 1. The Balaban J connectivity index is 2.16. The molecule has 0 aliphatic carbocycles. The van der Waals surface area contributed by atoms with Gasteiger partial charge in [0.2, 0.25) is 0 Å². The molecule has 1 aliphatic rings. The summed E-state index contributed by atoms with van der Waals surface area (Å²) in [6.45, 7) is 0. The van der Waals surface area contributed by atoms with E-state index in [4.69, 9.17) is 0 Å². The van der Waals surface area contributed by atoms with Crippen molar-refractivity contribution in [2.75, 3.05) is 16.8 Å². The number of benzene rings is 1. The van der Waals surface area contributed by atoms with Gasteiger partial charge in [-0.1, -0.05) is 6.07 Å². The number of aliphatic hydroxyl groups excluding tert-OH is 1. The molecule has 1 aromatic rings. The van der Waals surface area contributed by atoms with E-state index in [1.165, 1.54) is 12.1 Å². The fourth-order valence-corrected chi connectivity index (χ4v) is 3.71. The first kappa shape index (κ1) is 14.1. The third-order valence-corrected chi connectivity index (χ3v) is 4.58. The van der Waals surface area contributed by atoms with Gasteiger partial charge in [0.15, 0.2) is 9.84 Å². The van der Waals surface area contributed by atoms with Crippen LogP contribution in [-0.4, -0.2) is 37.2 Å². The second kappa shape index (κ2) is 4.68. The van der Waals surface area contributed by atoms with Crippen molar-refractivity contribution in [3.05, 3.63) is 29.8 Å². The van der Waals surface area contributed by atoms with Crippen LogP contribution in [-0.2, 0) is 16.0 Å². The molecule has 1 heterocycles. The van der Waals surface area contributed by atoms with E-state index in [1.54, 1.807) is 0 Å². The smallest absolute Gasteiger partial charge is 0.390 e. The van der Waals surface area contributed by atoms with Gasteiger partial charge in [-0.2, -0.15) is 13.2 Å². The van der Waals surface area contributed by atoms with E-state index in [2.05, 4.69) is 5.32 Å². The number of alkyl halides is 3. The highest BCUT2D eigenvalue weighted by molar-refractivity contribution is 7.91. The van der Waals surface area contributed by atoms with Gasteiger partial charge in [0.1, 0.15) is 0 Å². The number of hydrogen-bond donors (Lipinski definition) is 2. The lowest BCUT2D eigenvalue weighted by molar-refractivity contribution is -0.137. The first-order valence-corrected chi connectivity index (χ1v) is 7.32. The van der Waals surface area contributed by atoms with Gasteiger partial charge in [0, 0.05) is 5.69 Å².